The van der Waals surface area contributed by atoms with Crippen molar-refractivity contribution < 1.29 is 24.2 Å². The molecule has 19 heavy (non-hydrogen) atoms. The number of carboxylic acid groups (broad SMARTS) is 1. The van der Waals surface area contributed by atoms with Crippen molar-refractivity contribution in [1.29, 1.82) is 0 Å². The second kappa shape index (κ2) is 5.51. The summed E-state index contributed by atoms with van der Waals surface area (Å²) in [6.45, 7) is 0.110. The number of imide groups is 1. The first-order valence-electron chi connectivity index (χ1n) is 5.85. The Kier molecular flexibility index (Phi) is 3.79. The van der Waals surface area contributed by atoms with Gasteiger partial charge in [-0.15, -0.1) is 0 Å². The van der Waals surface area contributed by atoms with Crippen LogP contribution >= 0.6 is 0 Å². The van der Waals surface area contributed by atoms with Gasteiger partial charge in [0.15, 0.2) is 0 Å². The third-order valence-electron chi connectivity index (χ3n) is 2.89. The van der Waals surface area contributed by atoms with E-state index in [1.807, 2.05) is 30.3 Å². The molecule has 0 aromatic heterocycles. The van der Waals surface area contributed by atoms with Gasteiger partial charge in [-0.1, -0.05) is 30.3 Å². The Balaban J connectivity index is 1.81. The van der Waals surface area contributed by atoms with Crippen LogP contribution in [0.1, 0.15) is 12.0 Å². The molecule has 1 aromatic rings. The Labute approximate surface area is 109 Å². The Morgan fingerprint density at radius 3 is 2.58 bits per heavy atom. The summed E-state index contributed by atoms with van der Waals surface area (Å²) >= 11 is 0. The molecule has 0 spiro atoms. The summed E-state index contributed by atoms with van der Waals surface area (Å²) in [5.41, 5.74) is 1.00. The summed E-state index contributed by atoms with van der Waals surface area (Å²) in [5, 5.41) is 8.77. The molecule has 0 saturated carbocycles. The van der Waals surface area contributed by atoms with Crippen LogP contribution in [-0.4, -0.2) is 40.6 Å². The number of carbonyl (C=O) groups excluding carboxylic acids is 2. The zero-order chi connectivity index (χ0) is 13.8. The van der Waals surface area contributed by atoms with E-state index in [9.17, 15) is 14.4 Å². The molecule has 1 N–H and O–H groups in total. The number of hydrogen-bond acceptors (Lipinski definition) is 4. The van der Waals surface area contributed by atoms with Crippen LogP contribution in [0.2, 0.25) is 0 Å². The van der Waals surface area contributed by atoms with Gasteiger partial charge in [-0.25, -0.2) is 14.5 Å². The minimum absolute atomic E-state index is 0.110. The van der Waals surface area contributed by atoms with E-state index >= 15 is 0 Å². The molecule has 0 radical (unpaired) electrons. The number of rotatable bonds is 4. The highest BCUT2D eigenvalue weighted by molar-refractivity contribution is 6.04. The molecule has 1 aliphatic heterocycles. The lowest BCUT2D eigenvalue weighted by Gasteiger charge is -2.34. The van der Waals surface area contributed by atoms with Crippen LogP contribution in [0.3, 0.4) is 0 Å². The zero-order valence-electron chi connectivity index (χ0n) is 10.1. The highest BCUT2D eigenvalue weighted by atomic mass is 16.6. The number of hydrogen-bond donors (Lipinski definition) is 1. The summed E-state index contributed by atoms with van der Waals surface area (Å²) in [4.78, 5) is 34.1. The number of nitrogens with zero attached hydrogens (tertiary/aromatic N) is 1. The van der Waals surface area contributed by atoms with E-state index in [1.165, 1.54) is 0 Å². The number of aliphatic carboxylic acids is 1. The molecular weight excluding hydrogens is 250 g/mol. The Hall–Kier alpha value is -2.37. The fraction of sp³-hybridized carbons (Fsp3) is 0.308. The van der Waals surface area contributed by atoms with Gasteiger partial charge in [0.2, 0.25) is 5.91 Å². The van der Waals surface area contributed by atoms with Crippen LogP contribution in [-0.2, 0) is 20.7 Å². The first-order valence-corrected chi connectivity index (χ1v) is 5.85. The van der Waals surface area contributed by atoms with Crippen molar-refractivity contribution >= 4 is 18.0 Å². The first kappa shape index (κ1) is 13.1. The molecule has 100 valence electrons. The van der Waals surface area contributed by atoms with Gasteiger partial charge in [0.05, 0.1) is 13.0 Å². The highest BCUT2D eigenvalue weighted by Crippen LogP contribution is 2.20. The van der Waals surface area contributed by atoms with Gasteiger partial charge in [0.1, 0.15) is 6.04 Å². The highest BCUT2D eigenvalue weighted by Gasteiger charge is 2.46. The number of benzene rings is 1. The molecule has 6 nitrogen and oxygen atoms in total. The van der Waals surface area contributed by atoms with E-state index in [-0.39, 0.29) is 13.0 Å². The predicted molar refractivity (Wildman–Crippen MR) is 64.4 cm³/mol. The van der Waals surface area contributed by atoms with E-state index in [0.29, 0.717) is 11.3 Å². The minimum Gasteiger partial charge on any atom is -0.480 e. The predicted octanol–water partition coefficient (Wildman–Crippen LogP) is 1.05. The standard InChI is InChI=1S/C13H13NO5/c15-11-8-10(12(16)17)14(11)13(18)19-7-6-9-4-2-1-3-5-9/h1-5,10H,6-8H2,(H,16,17). The van der Waals surface area contributed by atoms with Gasteiger partial charge in [0.25, 0.3) is 0 Å². The lowest BCUT2D eigenvalue weighted by molar-refractivity contribution is -0.159. The molecule has 1 saturated heterocycles. The molecule has 1 heterocycles. The van der Waals surface area contributed by atoms with Crippen LogP contribution < -0.4 is 0 Å². The molecule has 0 bridgehead atoms. The topological polar surface area (TPSA) is 83.9 Å². The maximum atomic E-state index is 11.6. The Morgan fingerprint density at radius 2 is 2.00 bits per heavy atom. The van der Waals surface area contributed by atoms with Gasteiger partial charge >= 0.3 is 12.1 Å². The molecule has 6 heteroatoms. The molecule has 1 atom stereocenters. The average Bonchev–Trinajstić information content (AvgIpc) is 2.36. The molecule has 2 amide bonds. The van der Waals surface area contributed by atoms with Gasteiger partial charge in [-0.3, -0.25) is 4.79 Å². The quantitative estimate of drug-likeness (QED) is 0.821. The SMILES string of the molecule is O=C(O)C1CC(=O)N1C(=O)OCCc1ccccc1. The summed E-state index contributed by atoms with van der Waals surface area (Å²) < 4.78 is 4.90. The van der Waals surface area contributed by atoms with Crippen LogP contribution in [0.4, 0.5) is 4.79 Å². The van der Waals surface area contributed by atoms with E-state index in [2.05, 4.69) is 0 Å². The molecular formula is C13H13NO5. The van der Waals surface area contributed by atoms with E-state index in [1.54, 1.807) is 0 Å². The average molecular weight is 263 g/mol. The monoisotopic (exact) mass is 263 g/mol. The fourth-order valence-electron chi connectivity index (χ4n) is 1.81. The fourth-order valence-corrected chi connectivity index (χ4v) is 1.81. The molecule has 1 aliphatic rings. The van der Waals surface area contributed by atoms with Gasteiger partial charge < -0.3 is 9.84 Å². The smallest absolute Gasteiger partial charge is 0.417 e. The first-order chi connectivity index (χ1) is 9.09. The molecule has 1 aromatic carbocycles. The van der Waals surface area contributed by atoms with E-state index in [0.717, 1.165) is 5.56 Å². The second-order valence-corrected chi connectivity index (χ2v) is 4.17. The maximum absolute atomic E-state index is 11.6. The molecule has 1 fully saturated rings. The molecule has 1 unspecified atom stereocenters. The van der Waals surface area contributed by atoms with Crippen LogP contribution in [0, 0.1) is 0 Å². The summed E-state index contributed by atoms with van der Waals surface area (Å²) in [6.07, 6.45) is -0.519. The third-order valence-corrected chi connectivity index (χ3v) is 2.89. The second-order valence-electron chi connectivity index (χ2n) is 4.17. The molecule has 0 aliphatic carbocycles. The van der Waals surface area contributed by atoms with Crippen molar-refractivity contribution in [3.8, 4) is 0 Å². The summed E-state index contributed by atoms with van der Waals surface area (Å²) in [5.74, 6) is -1.71. The lowest BCUT2D eigenvalue weighted by atomic mass is 10.0. The number of β-lactam (4-membered cyclic amide) rings is 1. The van der Waals surface area contributed by atoms with Crippen molar-refractivity contribution in [2.75, 3.05) is 6.61 Å². The van der Waals surface area contributed by atoms with Gasteiger partial charge in [-0.2, -0.15) is 0 Å². The lowest BCUT2D eigenvalue weighted by Crippen LogP contribution is -2.59. The number of amides is 2. The summed E-state index contributed by atoms with van der Waals surface area (Å²) in [6, 6.07) is 8.32. The van der Waals surface area contributed by atoms with Crippen molar-refractivity contribution in [3.05, 3.63) is 35.9 Å². The van der Waals surface area contributed by atoms with Gasteiger partial charge in [-0.05, 0) is 5.56 Å². The minimum atomic E-state index is -1.19. The zero-order valence-corrected chi connectivity index (χ0v) is 10.1. The Morgan fingerprint density at radius 1 is 1.32 bits per heavy atom. The maximum Gasteiger partial charge on any atom is 0.417 e. The normalized spacial score (nSPS) is 17.8. The van der Waals surface area contributed by atoms with Crippen molar-refractivity contribution in [2.24, 2.45) is 0 Å². The van der Waals surface area contributed by atoms with Crippen molar-refractivity contribution in [1.82, 2.24) is 4.90 Å². The van der Waals surface area contributed by atoms with Crippen molar-refractivity contribution in [3.63, 3.8) is 0 Å². The molecule has 2 rings (SSSR count). The van der Waals surface area contributed by atoms with Crippen molar-refractivity contribution in [2.45, 2.75) is 18.9 Å². The van der Waals surface area contributed by atoms with Crippen LogP contribution in [0.25, 0.3) is 0 Å². The van der Waals surface area contributed by atoms with Gasteiger partial charge in [0, 0.05) is 6.42 Å². The number of carboxylic acids is 1. The van der Waals surface area contributed by atoms with Crippen LogP contribution in [0.15, 0.2) is 30.3 Å². The number of likely N-dealkylation sites (tertiary alicyclic amines) is 1. The van der Waals surface area contributed by atoms with E-state index in [4.69, 9.17) is 9.84 Å². The Bertz CT molecular complexity index is 499. The third kappa shape index (κ3) is 2.90. The summed E-state index contributed by atoms with van der Waals surface area (Å²) in [7, 11) is 0. The number of carbonyl (C=O) groups is 3. The number of ether oxygens (including phenoxy) is 1. The van der Waals surface area contributed by atoms with Crippen LogP contribution in [0.5, 0.6) is 0 Å². The van der Waals surface area contributed by atoms with E-state index < -0.39 is 24.0 Å². The largest absolute Gasteiger partial charge is 0.480 e.